The summed E-state index contributed by atoms with van der Waals surface area (Å²) in [7, 11) is 1.57. The number of hydrogen-bond donors (Lipinski definition) is 3. The van der Waals surface area contributed by atoms with Gasteiger partial charge in [-0.1, -0.05) is 6.07 Å². The van der Waals surface area contributed by atoms with Crippen molar-refractivity contribution >= 4 is 28.3 Å². The second kappa shape index (κ2) is 7.30. The molecule has 4 heterocycles. The molecular weight excluding hydrogens is 421 g/mol. The predicted octanol–water partition coefficient (Wildman–Crippen LogP) is 4.81. The van der Waals surface area contributed by atoms with Crippen LogP contribution in [0.25, 0.3) is 22.3 Å². The monoisotopic (exact) mass is 443 g/mol. The lowest BCUT2D eigenvalue weighted by Gasteiger charge is -2.40. The fourth-order valence-corrected chi connectivity index (χ4v) is 4.82. The first-order chi connectivity index (χ1) is 16.0. The zero-order chi connectivity index (χ0) is 22.7. The van der Waals surface area contributed by atoms with Gasteiger partial charge in [0.05, 0.1) is 29.6 Å². The average molecular weight is 443 g/mol. The number of anilines is 2. The van der Waals surface area contributed by atoms with Crippen molar-refractivity contribution in [2.75, 3.05) is 12.4 Å². The van der Waals surface area contributed by atoms with Crippen molar-refractivity contribution < 1.29 is 13.9 Å². The van der Waals surface area contributed by atoms with E-state index in [0.29, 0.717) is 39.4 Å². The maximum absolute atomic E-state index is 14.3. The average Bonchev–Trinajstić information content (AvgIpc) is 3.16. The molecule has 0 unspecified atom stereocenters. The van der Waals surface area contributed by atoms with E-state index in [4.69, 9.17) is 4.74 Å². The van der Waals surface area contributed by atoms with Gasteiger partial charge in [0, 0.05) is 46.7 Å². The van der Waals surface area contributed by atoms with Gasteiger partial charge in [-0.2, -0.15) is 0 Å². The Morgan fingerprint density at radius 2 is 2.06 bits per heavy atom. The van der Waals surface area contributed by atoms with E-state index in [-0.39, 0.29) is 23.7 Å². The summed E-state index contributed by atoms with van der Waals surface area (Å²) in [5.41, 5.74) is 6.05. The SMILES string of the molecule is COc1ccc2nccc(-c3[nH]c4c(c3Nc3cccc(F)c3C)C(=O)N[C@H]3CC[C@@H]43)c2n1. The van der Waals surface area contributed by atoms with Gasteiger partial charge in [0.25, 0.3) is 5.91 Å². The first kappa shape index (κ1) is 19.7. The maximum atomic E-state index is 14.3. The van der Waals surface area contributed by atoms with Crippen LogP contribution in [0.2, 0.25) is 0 Å². The molecule has 1 saturated carbocycles. The number of benzene rings is 1. The van der Waals surface area contributed by atoms with Gasteiger partial charge in [-0.05, 0) is 44.0 Å². The molecule has 1 amide bonds. The second-order valence-corrected chi connectivity index (χ2v) is 8.54. The number of methoxy groups -OCH3 is 1. The van der Waals surface area contributed by atoms with Gasteiger partial charge in [-0.3, -0.25) is 9.78 Å². The standard InChI is InChI=1S/C25H22FN5O2/c1-12-15(26)4-3-5-16(12)28-24-20-22(13-6-7-17(13)29-25(20)32)31-23(24)14-10-11-27-18-8-9-19(33-2)30-21(14)18/h3-5,8-11,13,17,28,31H,6-7H2,1-2H3,(H,29,32)/t13-,17+/m1/s1. The minimum absolute atomic E-state index is 0.131. The highest BCUT2D eigenvalue weighted by Gasteiger charge is 2.43. The van der Waals surface area contributed by atoms with Crippen molar-refractivity contribution in [2.45, 2.75) is 31.7 Å². The first-order valence-electron chi connectivity index (χ1n) is 10.9. The van der Waals surface area contributed by atoms with E-state index in [0.717, 1.165) is 29.8 Å². The zero-order valence-electron chi connectivity index (χ0n) is 18.2. The van der Waals surface area contributed by atoms with Crippen LogP contribution in [-0.4, -0.2) is 34.0 Å². The Labute approximate surface area is 189 Å². The summed E-state index contributed by atoms with van der Waals surface area (Å²) >= 11 is 0. The van der Waals surface area contributed by atoms with Gasteiger partial charge >= 0.3 is 0 Å². The van der Waals surface area contributed by atoms with E-state index in [1.165, 1.54) is 6.07 Å². The van der Waals surface area contributed by atoms with E-state index in [2.05, 4.69) is 25.6 Å². The van der Waals surface area contributed by atoms with Crippen molar-refractivity contribution in [1.82, 2.24) is 20.3 Å². The maximum Gasteiger partial charge on any atom is 0.255 e. The van der Waals surface area contributed by atoms with E-state index < -0.39 is 0 Å². The molecule has 8 heteroatoms. The fraction of sp³-hybridized carbons (Fsp3) is 0.240. The third-order valence-electron chi connectivity index (χ3n) is 6.78. The Kier molecular flexibility index (Phi) is 4.36. The molecule has 33 heavy (non-hydrogen) atoms. The summed E-state index contributed by atoms with van der Waals surface area (Å²) in [6.45, 7) is 1.72. The van der Waals surface area contributed by atoms with E-state index in [1.807, 2.05) is 12.1 Å². The molecule has 1 aliphatic heterocycles. The zero-order valence-corrected chi connectivity index (χ0v) is 18.2. The van der Waals surface area contributed by atoms with Gasteiger partial charge in [0.15, 0.2) is 0 Å². The Bertz CT molecular complexity index is 1430. The molecule has 0 radical (unpaired) electrons. The molecule has 7 nitrogen and oxygen atoms in total. The Balaban J connectivity index is 1.61. The van der Waals surface area contributed by atoms with Crippen LogP contribution in [0.4, 0.5) is 15.8 Å². The summed E-state index contributed by atoms with van der Waals surface area (Å²) in [6.07, 6.45) is 3.68. The number of nitrogens with one attached hydrogen (secondary N) is 3. The van der Waals surface area contributed by atoms with Gasteiger partial charge in [-0.25, -0.2) is 9.37 Å². The lowest BCUT2D eigenvalue weighted by molar-refractivity contribution is 0.0878. The molecule has 6 rings (SSSR count). The minimum atomic E-state index is -0.310. The topological polar surface area (TPSA) is 91.9 Å². The molecule has 3 N–H and O–H groups in total. The number of rotatable bonds is 4. The van der Waals surface area contributed by atoms with Gasteiger partial charge < -0.3 is 20.4 Å². The van der Waals surface area contributed by atoms with Crippen molar-refractivity contribution in [3.05, 3.63) is 65.2 Å². The molecule has 166 valence electrons. The lowest BCUT2D eigenvalue weighted by Crippen LogP contribution is -2.49. The molecule has 0 spiro atoms. The summed E-state index contributed by atoms with van der Waals surface area (Å²) < 4.78 is 19.6. The Morgan fingerprint density at radius 1 is 1.18 bits per heavy atom. The van der Waals surface area contributed by atoms with Crippen LogP contribution >= 0.6 is 0 Å². The highest BCUT2D eigenvalue weighted by atomic mass is 19.1. The number of nitrogens with zero attached hydrogens (tertiary/aromatic N) is 2. The van der Waals surface area contributed by atoms with E-state index >= 15 is 0 Å². The van der Waals surface area contributed by atoms with Crippen LogP contribution in [0, 0.1) is 12.7 Å². The van der Waals surface area contributed by atoms with Crippen molar-refractivity contribution in [3.63, 3.8) is 0 Å². The highest BCUT2D eigenvalue weighted by molar-refractivity contribution is 6.08. The number of halogens is 1. The van der Waals surface area contributed by atoms with Crippen LogP contribution < -0.4 is 15.4 Å². The molecule has 0 bridgehead atoms. The minimum Gasteiger partial charge on any atom is -0.481 e. The van der Waals surface area contributed by atoms with Gasteiger partial charge in [0.2, 0.25) is 5.88 Å². The van der Waals surface area contributed by atoms with E-state index in [9.17, 15) is 9.18 Å². The van der Waals surface area contributed by atoms with Crippen LogP contribution in [0.5, 0.6) is 5.88 Å². The number of carbonyl (C=O) groups excluding carboxylic acids is 1. The number of amides is 1. The number of aromatic nitrogens is 3. The van der Waals surface area contributed by atoms with Crippen molar-refractivity contribution in [3.8, 4) is 17.1 Å². The summed E-state index contributed by atoms with van der Waals surface area (Å²) in [5.74, 6) is 0.265. The summed E-state index contributed by atoms with van der Waals surface area (Å²) in [6, 6.07) is 10.5. The van der Waals surface area contributed by atoms with Gasteiger partial charge in [-0.15, -0.1) is 0 Å². The molecular formula is C25H22FN5O2. The van der Waals surface area contributed by atoms with Crippen LogP contribution in [0.15, 0.2) is 42.6 Å². The molecule has 2 atom stereocenters. The van der Waals surface area contributed by atoms with Crippen LogP contribution in [0.1, 0.15) is 40.4 Å². The number of H-pyrrole nitrogens is 1. The molecule has 0 saturated heterocycles. The molecule has 1 aliphatic carbocycles. The number of fused-ring (bicyclic) bond motifs is 4. The predicted molar refractivity (Wildman–Crippen MR) is 124 cm³/mol. The summed E-state index contributed by atoms with van der Waals surface area (Å²) in [5, 5.41) is 6.48. The third-order valence-corrected chi connectivity index (χ3v) is 6.78. The smallest absolute Gasteiger partial charge is 0.255 e. The Hall–Kier alpha value is -3.94. The number of hydrogen-bond acceptors (Lipinski definition) is 5. The number of carbonyl (C=O) groups is 1. The number of aromatic amines is 1. The second-order valence-electron chi connectivity index (χ2n) is 8.54. The number of pyridine rings is 2. The normalized spacial score (nSPS) is 18.8. The first-order valence-corrected chi connectivity index (χ1v) is 10.9. The largest absolute Gasteiger partial charge is 0.481 e. The van der Waals surface area contributed by atoms with Crippen molar-refractivity contribution in [2.24, 2.45) is 0 Å². The molecule has 1 aromatic carbocycles. The third kappa shape index (κ3) is 2.97. The lowest BCUT2D eigenvalue weighted by atomic mass is 9.74. The Morgan fingerprint density at radius 3 is 2.85 bits per heavy atom. The van der Waals surface area contributed by atoms with Gasteiger partial charge in [0.1, 0.15) is 11.3 Å². The molecule has 4 aromatic rings. The quantitative estimate of drug-likeness (QED) is 0.421. The van der Waals surface area contributed by atoms with Crippen LogP contribution in [0.3, 0.4) is 0 Å². The fourth-order valence-electron chi connectivity index (χ4n) is 4.82. The van der Waals surface area contributed by atoms with E-state index in [1.54, 1.807) is 38.4 Å². The molecule has 3 aromatic heterocycles. The van der Waals surface area contributed by atoms with Crippen molar-refractivity contribution in [1.29, 1.82) is 0 Å². The summed E-state index contributed by atoms with van der Waals surface area (Å²) in [4.78, 5) is 25.8. The molecule has 1 fully saturated rings. The number of ether oxygens (including phenoxy) is 1. The molecule has 2 aliphatic rings. The highest BCUT2D eigenvalue weighted by Crippen LogP contribution is 2.47. The van der Waals surface area contributed by atoms with Crippen LogP contribution in [-0.2, 0) is 0 Å².